The number of carbonyl (C=O) groups excluding carboxylic acids is 1. The van der Waals surface area contributed by atoms with Crippen LogP contribution in [0.1, 0.15) is 58.9 Å². The molecule has 194 valence electrons. The van der Waals surface area contributed by atoms with Crippen molar-refractivity contribution in [2.45, 2.75) is 64.9 Å². The van der Waals surface area contributed by atoms with Crippen molar-refractivity contribution in [3.05, 3.63) is 36.7 Å². The third-order valence-electron chi connectivity index (χ3n) is 6.10. The van der Waals surface area contributed by atoms with E-state index in [2.05, 4.69) is 29.9 Å². The summed E-state index contributed by atoms with van der Waals surface area (Å²) < 4.78 is 21.4. The molecule has 1 unspecified atom stereocenters. The summed E-state index contributed by atoms with van der Waals surface area (Å²) in [6, 6.07) is 6.22. The molecule has 1 saturated heterocycles. The SMILES string of the molecule is C=Cc1nn(C2CCCCO2)c2ccc(-c3cnn(C)c3O[C@@H](C)CN(C)C(=O)OC(C)(C)C)cc12. The van der Waals surface area contributed by atoms with Gasteiger partial charge < -0.3 is 19.1 Å². The molecule has 1 fully saturated rings. The quantitative estimate of drug-likeness (QED) is 0.436. The van der Waals surface area contributed by atoms with Gasteiger partial charge in [-0.3, -0.25) is 0 Å². The van der Waals surface area contributed by atoms with Gasteiger partial charge in [-0.15, -0.1) is 0 Å². The van der Waals surface area contributed by atoms with E-state index in [1.165, 1.54) is 4.90 Å². The molecule has 1 amide bonds. The molecule has 3 heterocycles. The monoisotopic (exact) mass is 495 g/mol. The lowest BCUT2D eigenvalue weighted by atomic mass is 10.1. The Bertz CT molecular complexity index is 1230. The number of carbonyl (C=O) groups is 1. The number of nitrogens with zero attached hydrogens (tertiary/aromatic N) is 5. The molecule has 3 aromatic rings. The van der Waals surface area contributed by atoms with E-state index in [0.29, 0.717) is 12.4 Å². The first-order valence-electron chi connectivity index (χ1n) is 12.5. The number of rotatable bonds is 7. The normalized spacial score (nSPS) is 17.1. The van der Waals surface area contributed by atoms with E-state index in [4.69, 9.17) is 19.3 Å². The molecular formula is C27H37N5O4. The minimum Gasteiger partial charge on any atom is -0.472 e. The number of aryl methyl sites for hydroxylation is 1. The highest BCUT2D eigenvalue weighted by Crippen LogP contribution is 2.35. The summed E-state index contributed by atoms with van der Waals surface area (Å²) in [5.74, 6) is 0.627. The summed E-state index contributed by atoms with van der Waals surface area (Å²) in [4.78, 5) is 13.9. The number of ether oxygens (including phenoxy) is 3. The van der Waals surface area contributed by atoms with Crippen LogP contribution in [0, 0.1) is 0 Å². The largest absolute Gasteiger partial charge is 0.472 e. The van der Waals surface area contributed by atoms with Crippen molar-refractivity contribution in [3.63, 3.8) is 0 Å². The molecule has 4 rings (SSSR count). The fraction of sp³-hybridized carbons (Fsp3) is 0.519. The first kappa shape index (κ1) is 25.8. The maximum atomic E-state index is 12.4. The molecular weight excluding hydrogens is 458 g/mol. The molecule has 36 heavy (non-hydrogen) atoms. The van der Waals surface area contributed by atoms with Gasteiger partial charge in [0.1, 0.15) is 11.7 Å². The molecule has 1 aliphatic rings. The van der Waals surface area contributed by atoms with E-state index in [0.717, 1.165) is 53.6 Å². The van der Waals surface area contributed by atoms with Crippen LogP contribution in [0.3, 0.4) is 0 Å². The zero-order valence-electron chi connectivity index (χ0n) is 22.2. The Morgan fingerprint density at radius 2 is 2.14 bits per heavy atom. The molecule has 9 heteroatoms. The topological polar surface area (TPSA) is 83.6 Å². The Kier molecular flexibility index (Phi) is 7.40. The van der Waals surface area contributed by atoms with E-state index in [1.54, 1.807) is 24.0 Å². The number of hydrogen-bond acceptors (Lipinski definition) is 6. The van der Waals surface area contributed by atoms with Crippen molar-refractivity contribution in [3.8, 4) is 17.0 Å². The van der Waals surface area contributed by atoms with Gasteiger partial charge in [0.2, 0.25) is 5.88 Å². The highest BCUT2D eigenvalue weighted by atomic mass is 16.6. The summed E-state index contributed by atoms with van der Waals surface area (Å²) in [6.45, 7) is 12.6. The Morgan fingerprint density at radius 3 is 2.81 bits per heavy atom. The molecule has 1 aromatic carbocycles. The van der Waals surface area contributed by atoms with Crippen LogP contribution in [0.15, 0.2) is 31.0 Å². The van der Waals surface area contributed by atoms with Crippen LogP contribution in [0.25, 0.3) is 28.1 Å². The Balaban J connectivity index is 1.57. The fourth-order valence-corrected chi connectivity index (χ4v) is 4.41. The lowest BCUT2D eigenvalue weighted by Gasteiger charge is -2.26. The highest BCUT2D eigenvalue weighted by Gasteiger charge is 2.24. The second-order valence-corrected chi connectivity index (χ2v) is 10.4. The van der Waals surface area contributed by atoms with Crippen molar-refractivity contribution in [1.82, 2.24) is 24.5 Å². The number of aromatic nitrogens is 4. The van der Waals surface area contributed by atoms with Gasteiger partial charge in [-0.2, -0.15) is 10.2 Å². The van der Waals surface area contributed by atoms with Gasteiger partial charge in [-0.05, 0) is 70.7 Å². The van der Waals surface area contributed by atoms with Crippen LogP contribution in [-0.2, 0) is 16.5 Å². The van der Waals surface area contributed by atoms with E-state index in [1.807, 2.05) is 39.4 Å². The number of hydrogen-bond donors (Lipinski definition) is 0. The average molecular weight is 496 g/mol. The predicted octanol–water partition coefficient (Wildman–Crippen LogP) is 5.41. The van der Waals surface area contributed by atoms with Crippen LogP contribution in [0.4, 0.5) is 4.79 Å². The van der Waals surface area contributed by atoms with Gasteiger partial charge in [0.05, 0.1) is 29.5 Å². The smallest absolute Gasteiger partial charge is 0.410 e. The minimum absolute atomic E-state index is 0.0547. The molecule has 2 atom stereocenters. The maximum Gasteiger partial charge on any atom is 0.410 e. The molecule has 0 saturated carbocycles. The van der Waals surface area contributed by atoms with Gasteiger partial charge in [-0.25, -0.2) is 14.2 Å². The average Bonchev–Trinajstić information content (AvgIpc) is 3.38. The number of benzene rings is 1. The van der Waals surface area contributed by atoms with Crippen LogP contribution >= 0.6 is 0 Å². The van der Waals surface area contributed by atoms with Gasteiger partial charge >= 0.3 is 6.09 Å². The lowest BCUT2D eigenvalue weighted by Crippen LogP contribution is -2.39. The van der Waals surface area contributed by atoms with Gasteiger partial charge in [0, 0.05) is 26.1 Å². The minimum atomic E-state index is -0.551. The standard InChI is InChI=1S/C27H37N5O4/c1-8-22-20-15-19(12-13-23(20)32(29-22)24-11-9-10-14-34-24)21-16-28-31(7)25(21)35-18(2)17-30(6)26(33)36-27(3,4)5/h8,12-13,15-16,18,24H,1,9-11,14,17H2,2-7H3/t18-,24?/m0/s1. The first-order valence-corrected chi connectivity index (χ1v) is 12.5. The second-order valence-electron chi connectivity index (χ2n) is 10.4. The molecule has 1 aliphatic heterocycles. The van der Waals surface area contributed by atoms with E-state index < -0.39 is 5.60 Å². The molecule has 9 nitrogen and oxygen atoms in total. The van der Waals surface area contributed by atoms with Crippen molar-refractivity contribution >= 4 is 23.1 Å². The first-order chi connectivity index (χ1) is 17.1. The van der Waals surface area contributed by atoms with Crippen LogP contribution in [-0.4, -0.2) is 62.5 Å². The Hall–Kier alpha value is -3.33. The molecule has 0 spiro atoms. The van der Waals surface area contributed by atoms with Gasteiger partial charge in [-0.1, -0.05) is 12.6 Å². The maximum absolute atomic E-state index is 12.4. The molecule has 0 aliphatic carbocycles. The third-order valence-corrected chi connectivity index (χ3v) is 6.10. The number of amides is 1. The lowest BCUT2D eigenvalue weighted by molar-refractivity contribution is -0.0367. The summed E-state index contributed by atoms with van der Waals surface area (Å²) >= 11 is 0. The molecule has 2 aromatic heterocycles. The van der Waals surface area contributed by atoms with E-state index in [9.17, 15) is 4.79 Å². The van der Waals surface area contributed by atoms with E-state index in [-0.39, 0.29) is 18.4 Å². The third kappa shape index (κ3) is 5.56. The predicted molar refractivity (Wildman–Crippen MR) is 140 cm³/mol. The van der Waals surface area contributed by atoms with Gasteiger partial charge in [0.15, 0.2) is 6.23 Å². The molecule has 0 N–H and O–H groups in total. The number of likely N-dealkylation sites (N-methyl/N-ethyl adjacent to an activating group) is 1. The highest BCUT2D eigenvalue weighted by molar-refractivity contribution is 5.91. The summed E-state index contributed by atoms with van der Waals surface area (Å²) in [6.07, 6.45) is 6.02. The second kappa shape index (κ2) is 10.3. The molecule has 0 radical (unpaired) electrons. The van der Waals surface area contributed by atoms with Gasteiger partial charge in [0.25, 0.3) is 0 Å². The van der Waals surface area contributed by atoms with Crippen LogP contribution in [0.2, 0.25) is 0 Å². The van der Waals surface area contributed by atoms with Crippen molar-refractivity contribution in [1.29, 1.82) is 0 Å². The zero-order valence-corrected chi connectivity index (χ0v) is 22.2. The summed E-state index contributed by atoms with van der Waals surface area (Å²) in [5.41, 5.74) is 3.11. The molecule has 0 bridgehead atoms. The van der Waals surface area contributed by atoms with Crippen molar-refractivity contribution in [2.75, 3.05) is 20.2 Å². The Labute approximate surface area is 212 Å². The summed E-state index contributed by atoms with van der Waals surface area (Å²) in [5, 5.41) is 10.2. The van der Waals surface area contributed by atoms with E-state index >= 15 is 0 Å². The Morgan fingerprint density at radius 1 is 1.36 bits per heavy atom. The van der Waals surface area contributed by atoms with Crippen LogP contribution < -0.4 is 4.74 Å². The zero-order chi connectivity index (χ0) is 26.0. The summed E-state index contributed by atoms with van der Waals surface area (Å²) in [7, 11) is 3.55. The number of fused-ring (bicyclic) bond motifs is 1. The van der Waals surface area contributed by atoms with Crippen LogP contribution in [0.5, 0.6) is 5.88 Å². The fourth-order valence-electron chi connectivity index (χ4n) is 4.41. The van der Waals surface area contributed by atoms with Crippen molar-refractivity contribution < 1.29 is 19.0 Å². The van der Waals surface area contributed by atoms with Crippen molar-refractivity contribution in [2.24, 2.45) is 7.05 Å².